The van der Waals surface area contributed by atoms with E-state index in [1.807, 2.05) is 6.92 Å². The summed E-state index contributed by atoms with van der Waals surface area (Å²) >= 11 is 0. The lowest BCUT2D eigenvalue weighted by molar-refractivity contribution is 0.0387. The summed E-state index contributed by atoms with van der Waals surface area (Å²) in [5.74, 6) is 0. The van der Waals surface area contributed by atoms with Crippen molar-refractivity contribution in [2.75, 3.05) is 13.2 Å². The number of rotatable bonds is 11. The average Bonchev–Trinajstić information content (AvgIpc) is 2.29. The van der Waals surface area contributed by atoms with Crippen LogP contribution in [0.15, 0.2) is 0 Å². The highest BCUT2D eigenvalue weighted by Crippen LogP contribution is 2.13. The Balaban J connectivity index is 3.55. The summed E-state index contributed by atoms with van der Waals surface area (Å²) in [7, 11) is 0. The molecule has 0 spiro atoms. The van der Waals surface area contributed by atoms with Crippen LogP contribution in [0.4, 0.5) is 4.79 Å². The molecule has 0 rings (SSSR count). The summed E-state index contributed by atoms with van der Waals surface area (Å²) in [6, 6.07) is 0. The first-order chi connectivity index (χ1) is 8.20. The van der Waals surface area contributed by atoms with Gasteiger partial charge in [-0.2, -0.15) is 0 Å². The molecule has 1 unspecified atom stereocenters. The maximum atomic E-state index is 10.2. The number of carboxylic acid groups (broad SMARTS) is 1. The van der Waals surface area contributed by atoms with E-state index >= 15 is 0 Å². The lowest BCUT2D eigenvalue weighted by Crippen LogP contribution is -2.14. The Kier molecular flexibility index (Phi) is 11.2. The largest absolute Gasteiger partial charge is 0.505 e. The summed E-state index contributed by atoms with van der Waals surface area (Å²) in [5, 5.41) is 8.33. The van der Waals surface area contributed by atoms with Crippen molar-refractivity contribution >= 4 is 6.16 Å². The van der Waals surface area contributed by atoms with Crippen molar-refractivity contribution in [1.82, 2.24) is 0 Å². The van der Waals surface area contributed by atoms with Gasteiger partial charge in [0, 0.05) is 6.61 Å². The lowest BCUT2D eigenvalue weighted by Gasteiger charge is -2.16. The van der Waals surface area contributed by atoms with Crippen LogP contribution in [0, 0.1) is 0 Å². The number of unbranched alkanes of at least 4 members (excludes halogenated alkanes) is 3. The van der Waals surface area contributed by atoms with Crippen LogP contribution in [0.2, 0.25) is 0 Å². The monoisotopic (exact) mass is 246 g/mol. The van der Waals surface area contributed by atoms with Gasteiger partial charge in [0.15, 0.2) is 0 Å². The molecule has 0 aliphatic rings. The van der Waals surface area contributed by atoms with Crippen LogP contribution in [-0.2, 0) is 9.47 Å². The van der Waals surface area contributed by atoms with Gasteiger partial charge in [-0.1, -0.05) is 32.6 Å². The predicted octanol–water partition coefficient (Wildman–Crippen LogP) is 3.84. The van der Waals surface area contributed by atoms with E-state index in [0.717, 1.165) is 25.9 Å². The molecule has 0 amide bonds. The molecule has 102 valence electrons. The van der Waals surface area contributed by atoms with E-state index in [1.165, 1.54) is 25.7 Å². The second-order valence-electron chi connectivity index (χ2n) is 4.18. The molecule has 0 saturated carbocycles. The van der Waals surface area contributed by atoms with Crippen molar-refractivity contribution < 1.29 is 19.4 Å². The van der Waals surface area contributed by atoms with Gasteiger partial charge < -0.3 is 14.6 Å². The zero-order valence-electron chi connectivity index (χ0n) is 11.1. The summed E-state index contributed by atoms with van der Waals surface area (Å²) in [4.78, 5) is 10.2. The van der Waals surface area contributed by atoms with Gasteiger partial charge in [0.2, 0.25) is 0 Å². The zero-order chi connectivity index (χ0) is 12.9. The molecule has 4 nitrogen and oxygen atoms in total. The Hall–Kier alpha value is -0.770. The highest BCUT2D eigenvalue weighted by molar-refractivity contribution is 5.56. The van der Waals surface area contributed by atoms with Gasteiger partial charge in [0.25, 0.3) is 0 Å². The van der Waals surface area contributed by atoms with Crippen molar-refractivity contribution in [3.8, 4) is 0 Å². The minimum Gasteiger partial charge on any atom is -0.450 e. The van der Waals surface area contributed by atoms with E-state index in [1.54, 1.807) is 0 Å². The highest BCUT2D eigenvalue weighted by atomic mass is 16.7. The van der Waals surface area contributed by atoms with Crippen LogP contribution in [0.25, 0.3) is 0 Å². The number of hydrogen-bond donors (Lipinski definition) is 1. The average molecular weight is 246 g/mol. The Morgan fingerprint density at radius 1 is 1.12 bits per heavy atom. The molecule has 1 N–H and O–H groups in total. The van der Waals surface area contributed by atoms with Crippen molar-refractivity contribution in [2.24, 2.45) is 0 Å². The molecule has 1 atom stereocenters. The smallest absolute Gasteiger partial charge is 0.450 e. The van der Waals surface area contributed by atoms with E-state index in [9.17, 15) is 4.79 Å². The van der Waals surface area contributed by atoms with Gasteiger partial charge in [0.1, 0.15) is 0 Å². The van der Waals surface area contributed by atoms with Gasteiger partial charge >= 0.3 is 6.16 Å². The van der Waals surface area contributed by atoms with E-state index in [4.69, 9.17) is 9.84 Å². The minimum absolute atomic E-state index is 0.259. The van der Waals surface area contributed by atoms with Crippen LogP contribution >= 0.6 is 0 Å². The van der Waals surface area contributed by atoms with Crippen molar-refractivity contribution in [1.29, 1.82) is 0 Å². The van der Waals surface area contributed by atoms with Gasteiger partial charge in [0.05, 0.1) is 12.7 Å². The Morgan fingerprint density at radius 3 is 2.41 bits per heavy atom. The van der Waals surface area contributed by atoms with Gasteiger partial charge in [-0.15, -0.1) is 0 Å². The Morgan fingerprint density at radius 2 is 1.82 bits per heavy atom. The van der Waals surface area contributed by atoms with Crippen LogP contribution in [0.5, 0.6) is 0 Å². The topological polar surface area (TPSA) is 55.8 Å². The van der Waals surface area contributed by atoms with Crippen molar-refractivity contribution in [3.05, 3.63) is 0 Å². The first kappa shape index (κ1) is 16.2. The first-order valence-corrected chi connectivity index (χ1v) is 6.68. The molecular formula is C13H26O4. The predicted molar refractivity (Wildman–Crippen MR) is 67.4 cm³/mol. The molecule has 0 bridgehead atoms. The van der Waals surface area contributed by atoms with Crippen molar-refractivity contribution in [3.63, 3.8) is 0 Å². The molecule has 4 heteroatoms. The van der Waals surface area contributed by atoms with Crippen LogP contribution in [0.1, 0.15) is 58.8 Å². The first-order valence-electron chi connectivity index (χ1n) is 6.68. The third-order valence-electron chi connectivity index (χ3n) is 2.68. The fourth-order valence-electron chi connectivity index (χ4n) is 1.82. The Bertz CT molecular complexity index is 182. The van der Waals surface area contributed by atoms with Crippen LogP contribution < -0.4 is 0 Å². The normalized spacial score (nSPS) is 12.4. The number of carbonyl (C=O) groups is 1. The summed E-state index contributed by atoms with van der Waals surface area (Å²) in [6.45, 7) is 5.18. The fraction of sp³-hybridized carbons (Fsp3) is 0.923. The molecule has 0 aliphatic carbocycles. The van der Waals surface area contributed by atoms with E-state index in [0.29, 0.717) is 0 Å². The maximum absolute atomic E-state index is 10.2. The summed E-state index contributed by atoms with van der Waals surface area (Å²) < 4.78 is 10.1. The lowest BCUT2D eigenvalue weighted by atomic mass is 10.1. The highest BCUT2D eigenvalue weighted by Gasteiger charge is 2.08. The Labute approximate surface area is 104 Å². The minimum atomic E-state index is -1.19. The standard InChI is InChI=1S/C13H26O4/c1-3-5-6-7-9-12(16-4-2)10-8-11-17-13(14)15/h12H,3-11H2,1-2H3,(H,14,15). The quantitative estimate of drug-likeness (QED) is 0.444. The third kappa shape index (κ3) is 11.5. The molecule has 0 fully saturated rings. The molecule has 0 radical (unpaired) electrons. The maximum Gasteiger partial charge on any atom is 0.505 e. The van der Waals surface area contributed by atoms with E-state index in [-0.39, 0.29) is 12.7 Å². The van der Waals surface area contributed by atoms with Gasteiger partial charge in [-0.3, -0.25) is 0 Å². The molecule has 0 aromatic heterocycles. The molecule has 17 heavy (non-hydrogen) atoms. The third-order valence-corrected chi connectivity index (χ3v) is 2.68. The summed E-state index contributed by atoms with van der Waals surface area (Å²) in [5.41, 5.74) is 0. The number of hydrogen-bond acceptors (Lipinski definition) is 3. The molecule has 0 aromatic rings. The molecule has 0 aromatic carbocycles. The zero-order valence-corrected chi connectivity index (χ0v) is 11.1. The molecule has 0 saturated heterocycles. The number of ether oxygens (including phenoxy) is 2. The van der Waals surface area contributed by atoms with E-state index in [2.05, 4.69) is 11.7 Å². The second-order valence-corrected chi connectivity index (χ2v) is 4.18. The van der Waals surface area contributed by atoms with Crippen molar-refractivity contribution in [2.45, 2.75) is 64.9 Å². The second kappa shape index (κ2) is 11.7. The summed E-state index contributed by atoms with van der Waals surface area (Å²) in [6.07, 6.45) is 6.73. The van der Waals surface area contributed by atoms with E-state index < -0.39 is 6.16 Å². The molecular weight excluding hydrogens is 220 g/mol. The molecule has 0 heterocycles. The van der Waals surface area contributed by atoms with Gasteiger partial charge in [-0.05, 0) is 26.2 Å². The fourth-order valence-corrected chi connectivity index (χ4v) is 1.82. The van der Waals surface area contributed by atoms with Crippen LogP contribution in [-0.4, -0.2) is 30.6 Å². The van der Waals surface area contributed by atoms with Crippen LogP contribution in [0.3, 0.4) is 0 Å². The molecule has 0 aliphatic heterocycles. The SMILES string of the molecule is CCCCCCC(CCCOC(=O)O)OCC. The van der Waals surface area contributed by atoms with Gasteiger partial charge in [-0.25, -0.2) is 4.79 Å².